The van der Waals surface area contributed by atoms with Gasteiger partial charge in [0.05, 0.1) is 17.0 Å². The number of hydrogen-bond donors (Lipinski definition) is 2. The fraction of sp³-hybridized carbons (Fsp3) is 0.167. The quantitative estimate of drug-likeness (QED) is 0.734. The summed E-state index contributed by atoms with van der Waals surface area (Å²) in [6.07, 6.45) is 1.41. The molecule has 0 fully saturated rings. The van der Waals surface area contributed by atoms with Crippen LogP contribution in [0.5, 0.6) is 0 Å². The minimum absolute atomic E-state index is 0.167. The van der Waals surface area contributed by atoms with Crippen LogP contribution in [0.4, 0.5) is 5.69 Å². The summed E-state index contributed by atoms with van der Waals surface area (Å²) >= 11 is 1.57. The number of nitrogens with zero attached hydrogens (tertiary/aromatic N) is 1. The number of furan rings is 1. The highest BCUT2D eigenvalue weighted by molar-refractivity contribution is 7.09. The lowest BCUT2D eigenvalue weighted by molar-refractivity contribution is -0.117. The molecule has 2 heterocycles. The number of thiazole rings is 1. The van der Waals surface area contributed by atoms with Crippen molar-refractivity contribution in [3.63, 3.8) is 0 Å². The van der Waals surface area contributed by atoms with Crippen LogP contribution in [0.2, 0.25) is 0 Å². The number of aromatic nitrogens is 1. The first kappa shape index (κ1) is 16.9. The molecule has 0 saturated carbocycles. The molecule has 0 bridgehead atoms. The Kier molecular flexibility index (Phi) is 4.95. The molecule has 0 aliphatic heterocycles. The predicted octanol–water partition coefficient (Wildman–Crippen LogP) is 3.47. The molecule has 7 heteroatoms. The minimum atomic E-state index is -0.706. The third kappa shape index (κ3) is 4.13. The van der Waals surface area contributed by atoms with Crippen LogP contribution in [-0.2, 0) is 4.79 Å². The van der Waals surface area contributed by atoms with E-state index in [-0.39, 0.29) is 11.7 Å². The second-order valence-electron chi connectivity index (χ2n) is 5.49. The van der Waals surface area contributed by atoms with Crippen molar-refractivity contribution in [3.05, 3.63) is 58.8 Å². The number of carbonyl (C=O) groups is 2. The maximum absolute atomic E-state index is 12.3. The Bertz CT molecular complexity index is 887. The monoisotopic (exact) mass is 355 g/mol. The first-order chi connectivity index (χ1) is 12.0. The highest BCUT2D eigenvalue weighted by Crippen LogP contribution is 2.24. The van der Waals surface area contributed by atoms with E-state index in [1.54, 1.807) is 36.5 Å². The maximum atomic E-state index is 12.3. The average molecular weight is 355 g/mol. The van der Waals surface area contributed by atoms with Gasteiger partial charge < -0.3 is 15.1 Å². The second-order valence-corrected chi connectivity index (χ2v) is 6.56. The minimum Gasteiger partial charge on any atom is -0.459 e. The van der Waals surface area contributed by atoms with Gasteiger partial charge in [0.1, 0.15) is 6.04 Å². The molecule has 3 aromatic rings. The molecule has 1 atom stereocenters. The lowest BCUT2D eigenvalue weighted by Gasteiger charge is -2.13. The lowest BCUT2D eigenvalue weighted by atomic mass is 10.1. The van der Waals surface area contributed by atoms with Crippen molar-refractivity contribution in [2.75, 3.05) is 5.32 Å². The molecule has 25 heavy (non-hydrogen) atoms. The molecule has 0 saturated heterocycles. The topological polar surface area (TPSA) is 84.2 Å². The third-order valence-electron chi connectivity index (χ3n) is 3.53. The van der Waals surface area contributed by atoms with Gasteiger partial charge in [-0.15, -0.1) is 11.3 Å². The van der Waals surface area contributed by atoms with E-state index in [4.69, 9.17) is 4.42 Å². The van der Waals surface area contributed by atoms with Gasteiger partial charge >= 0.3 is 0 Å². The maximum Gasteiger partial charge on any atom is 0.287 e. The zero-order valence-corrected chi connectivity index (χ0v) is 14.6. The van der Waals surface area contributed by atoms with Gasteiger partial charge in [-0.25, -0.2) is 4.98 Å². The van der Waals surface area contributed by atoms with E-state index in [2.05, 4.69) is 15.6 Å². The van der Waals surface area contributed by atoms with E-state index >= 15 is 0 Å². The Morgan fingerprint density at radius 3 is 2.76 bits per heavy atom. The third-order valence-corrected chi connectivity index (χ3v) is 4.30. The Labute approximate surface area is 148 Å². The Morgan fingerprint density at radius 2 is 2.08 bits per heavy atom. The summed E-state index contributed by atoms with van der Waals surface area (Å²) in [6.45, 7) is 3.56. The van der Waals surface area contributed by atoms with Gasteiger partial charge in [0.25, 0.3) is 5.91 Å². The molecule has 2 N–H and O–H groups in total. The molecular formula is C18H17N3O3S. The average Bonchev–Trinajstić information content (AvgIpc) is 3.26. The molecule has 2 aromatic heterocycles. The molecule has 0 aliphatic carbocycles. The van der Waals surface area contributed by atoms with E-state index < -0.39 is 11.9 Å². The van der Waals surface area contributed by atoms with Gasteiger partial charge in [0.15, 0.2) is 5.76 Å². The Balaban J connectivity index is 1.65. The van der Waals surface area contributed by atoms with Crippen LogP contribution in [0.25, 0.3) is 11.3 Å². The number of benzene rings is 1. The van der Waals surface area contributed by atoms with Gasteiger partial charge in [0, 0.05) is 16.6 Å². The summed E-state index contributed by atoms with van der Waals surface area (Å²) in [7, 11) is 0. The molecule has 0 unspecified atom stereocenters. The van der Waals surface area contributed by atoms with Gasteiger partial charge in [-0.1, -0.05) is 12.1 Å². The van der Waals surface area contributed by atoms with Gasteiger partial charge in [0.2, 0.25) is 5.91 Å². The van der Waals surface area contributed by atoms with Crippen LogP contribution in [-0.4, -0.2) is 22.8 Å². The van der Waals surface area contributed by atoms with Crippen molar-refractivity contribution in [1.82, 2.24) is 10.3 Å². The first-order valence-electron chi connectivity index (χ1n) is 7.71. The number of rotatable bonds is 5. The molecule has 128 valence electrons. The van der Waals surface area contributed by atoms with Gasteiger partial charge in [-0.3, -0.25) is 9.59 Å². The number of hydrogen-bond acceptors (Lipinski definition) is 5. The molecule has 6 nitrogen and oxygen atoms in total. The van der Waals surface area contributed by atoms with Crippen molar-refractivity contribution in [2.24, 2.45) is 0 Å². The zero-order valence-electron chi connectivity index (χ0n) is 13.8. The summed E-state index contributed by atoms with van der Waals surface area (Å²) in [4.78, 5) is 28.7. The second kappa shape index (κ2) is 7.31. The number of carbonyl (C=O) groups excluding carboxylic acids is 2. The molecule has 2 amide bonds. The molecular weight excluding hydrogens is 338 g/mol. The fourth-order valence-corrected chi connectivity index (χ4v) is 2.87. The highest BCUT2D eigenvalue weighted by Gasteiger charge is 2.18. The zero-order chi connectivity index (χ0) is 17.8. The standard InChI is InChI=1S/C18H17N3O3S/c1-11(19-18(23)16-7-4-8-24-16)17(22)21-14-6-3-5-13(9-14)15-10-25-12(2)20-15/h3-11H,1-2H3,(H,19,23)(H,21,22)/t11-/m0/s1. The van der Waals surface area contributed by atoms with Crippen LogP contribution in [0, 0.1) is 6.92 Å². The lowest BCUT2D eigenvalue weighted by Crippen LogP contribution is -2.41. The van der Waals surface area contributed by atoms with E-state index in [0.29, 0.717) is 5.69 Å². The normalized spacial score (nSPS) is 11.8. The van der Waals surface area contributed by atoms with Crippen LogP contribution in [0.15, 0.2) is 52.5 Å². The van der Waals surface area contributed by atoms with Gasteiger partial charge in [-0.2, -0.15) is 0 Å². The Morgan fingerprint density at radius 1 is 1.24 bits per heavy atom. The highest BCUT2D eigenvalue weighted by atomic mass is 32.1. The number of anilines is 1. The van der Waals surface area contributed by atoms with Crippen LogP contribution >= 0.6 is 11.3 Å². The largest absolute Gasteiger partial charge is 0.459 e. The number of aryl methyl sites for hydroxylation is 1. The van der Waals surface area contributed by atoms with E-state index in [1.807, 2.05) is 30.5 Å². The van der Waals surface area contributed by atoms with Crippen molar-refractivity contribution >= 4 is 28.8 Å². The number of nitrogens with one attached hydrogen (secondary N) is 2. The van der Waals surface area contributed by atoms with Crippen LogP contribution < -0.4 is 10.6 Å². The summed E-state index contributed by atoms with van der Waals surface area (Å²) in [5, 5.41) is 8.36. The first-order valence-corrected chi connectivity index (χ1v) is 8.58. The van der Waals surface area contributed by atoms with Crippen LogP contribution in [0.1, 0.15) is 22.5 Å². The SMILES string of the molecule is Cc1nc(-c2cccc(NC(=O)[C@H](C)NC(=O)c3ccco3)c2)cs1. The van der Waals surface area contributed by atoms with E-state index in [1.165, 1.54) is 6.26 Å². The summed E-state index contributed by atoms with van der Waals surface area (Å²) < 4.78 is 5.01. The van der Waals surface area contributed by atoms with Crippen LogP contribution in [0.3, 0.4) is 0 Å². The molecule has 0 aliphatic rings. The summed E-state index contributed by atoms with van der Waals surface area (Å²) in [5.41, 5.74) is 2.44. The number of amides is 2. The van der Waals surface area contributed by atoms with E-state index in [9.17, 15) is 9.59 Å². The predicted molar refractivity (Wildman–Crippen MR) is 96.6 cm³/mol. The van der Waals surface area contributed by atoms with Crippen molar-refractivity contribution in [3.8, 4) is 11.3 Å². The van der Waals surface area contributed by atoms with Crippen molar-refractivity contribution in [2.45, 2.75) is 19.9 Å². The summed E-state index contributed by atoms with van der Waals surface area (Å²) in [5.74, 6) is -0.577. The fourth-order valence-electron chi connectivity index (χ4n) is 2.24. The van der Waals surface area contributed by atoms with Crippen molar-refractivity contribution in [1.29, 1.82) is 0 Å². The molecule has 0 spiro atoms. The smallest absolute Gasteiger partial charge is 0.287 e. The summed E-state index contributed by atoms with van der Waals surface area (Å²) in [6, 6.07) is 9.89. The van der Waals surface area contributed by atoms with Gasteiger partial charge in [-0.05, 0) is 38.1 Å². The molecule has 3 rings (SSSR count). The van der Waals surface area contributed by atoms with E-state index in [0.717, 1.165) is 16.3 Å². The Hall–Kier alpha value is -2.93. The van der Waals surface area contributed by atoms with Crippen molar-refractivity contribution < 1.29 is 14.0 Å². The molecule has 0 radical (unpaired) electrons. The molecule has 1 aromatic carbocycles.